The zero-order valence-corrected chi connectivity index (χ0v) is 20.9. The largest absolute Gasteiger partial charge is 0.368 e. The number of carbonyl (C=O) groups excluding carboxylic acids is 1. The number of anilines is 2. The van der Waals surface area contributed by atoms with E-state index in [0.29, 0.717) is 30.6 Å². The zero-order valence-electron chi connectivity index (χ0n) is 20.9. The molecule has 0 bridgehead atoms. The van der Waals surface area contributed by atoms with Gasteiger partial charge in [-0.15, -0.1) is 0 Å². The number of fused-ring (bicyclic) bond motifs is 1. The summed E-state index contributed by atoms with van der Waals surface area (Å²) in [6.45, 7) is 14.9. The molecule has 0 aliphatic carbocycles. The fourth-order valence-corrected chi connectivity index (χ4v) is 4.36. The van der Waals surface area contributed by atoms with E-state index in [1.165, 1.54) is 6.08 Å². The lowest BCUT2D eigenvalue weighted by Gasteiger charge is -2.35. The highest BCUT2D eigenvalue weighted by Gasteiger charge is 2.20. The second-order valence-corrected chi connectivity index (χ2v) is 9.47. The smallest absolute Gasteiger partial charge is 0.252 e. The van der Waals surface area contributed by atoms with Gasteiger partial charge in [0.1, 0.15) is 5.65 Å². The van der Waals surface area contributed by atoms with E-state index in [2.05, 4.69) is 66.8 Å². The molecule has 1 aliphatic heterocycles. The first-order valence-corrected chi connectivity index (χ1v) is 12.2. The van der Waals surface area contributed by atoms with Gasteiger partial charge in [0.25, 0.3) is 5.56 Å². The van der Waals surface area contributed by atoms with Gasteiger partial charge in [-0.3, -0.25) is 14.2 Å². The number of benzene rings is 1. The quantitative estimate of drug-likeness (QED) is 0.521. The minimum absolute atomic E-state index is 0.00790. The molecule has 184 valence electrons. The molecule has 0 spiro atoms. The Labute approximate surface area is 206 Å². The van der Waals surface area contributed by atoms with E-state index in [9.17, 15) is 9.59 Å². The van der Waals surface area contributed by atoms with Crippen molar-refractivity contribution in [2.24, 2.45) is 5.92 Å². The highest BCUT2D eigenvalue weighted by molar-refractivity contribution is 5.87. The van der Waals surface area contributed by atoms with Crippen molar-refractivity contribution in [2.45, 2.75) is 39.8 Å². The Bertz CT molecular complexity index is 1260. The van der Waals surface area contributed by atoms with Crippen molar-refractivity contribution in [2.75, 3.05) is 36.4 Å². The number of nitrogens with one attached hydrogen (secondary N) is 1. The van der Waals surface area contributed by atoms with Crippen LogP contribution in [-0.2, 0) is 4.79 Å². The van der Waals surface area contributed by atoms with Crippen molar-refractivity contribution in [3.05, 3.63) is 71.2 Å². The summed E-state index contributed by atoms with van der Waals surface area (Å²) in [6, 6.07) is 11.8. The van der Waals surface area contributed by atoms with E-state index < -0.39 is 0 Å². The van der Waals surface area contributed by atoms with Crippen LogP contribution >= 0.6 is 0 Å². The maximum absolute atomic E-state index is 12.6. The number of hydrogen-bond acceptors (Lipinski definition) is 6. The highest BCUT2D eigenvalue weighted by atomic mass is 16.2. The van der Waals surface area contributed by atoms with Gasteiger partial charge in [0.05, 0.1) is 6.04 Å². The molecule has 2 atom stereocenters. The summed E-state index contributed by atoms with van der Waals surface area (Å²) in [6.07, 6.45) is 3.14. The van der Waals surface area contributed by atoms with Crippen LogP contribution in [0.25, 0.3) is 11.0 Å². The zero-order chi connectivity index (χ0) is 25.1. The maximum Gasteiger partial charge on any atom is 0.252 e. The van der Waals surface area contributed by atoms with E-state index >= 15 is 0 Å². The van der Waals surface area contributed by atoms with E-state index in [0.717, 1.165) is 29.7 Å². The molecule has 0 unspecified atom stereocenters. The molecule has 1 aliphatic rings. The molecule has 1 N–H and O–H groups in total. The molecule has 3 aromatic rings. The summed E-state index contributed by atoms with van der Waals surface area (Å²) in [7, 11) is 0. The topological polar surface area (TPSA) is 83.4 Å². The fraction of sp³-hybridized carbons (Fsp3) is 0.407. The molecule has 1 saturated heterocycles. The molecule has 2 aromatic heterocycles. The number of rotatable bonds is 7. The van der Waals surface area contributed by atoms with Crippen LogP contribution < -0.4 is 15.8 Å². The van der Waals surface area contributed by atoms with Crippen molar-refractivity contribution in [1.29, 1.82) is 0 Å². The standard InChI is InChI=1S/C27H34N6O2/c1-6-24(34)32-15-13-31(14-16-32)23-10-7-21(8-11-23)19(4)29-27-28-17-22-9-12-25(35)33(26(22)30-27)20(5)18(2)3/h6-12,17-20H,1,13-16H2,2-5H3,(H,28,29,30)/t19-,20-/m0/s1. The van der Waals surface area contributed by atoms with Crippen molar-refractivity contribution < 1.29 is 4.79 Å². The normalized spacial score (nSPS) is 15.8. The van der Waals surface area contributed by atoms with Crippen LogP contribution in [0.15, 0.2) is 60.0 Å². The predicted molar refractivity (Wildman–Crippen MR) is 141 cm³/mol. The number of piperazine rings is 1. The minimum atomic E-state index is -0.0540. The van der Waals surface area contributed by atoms with E-state index in [-0.39, 0.29) is 23.6 Å². The summed E-state index contributed by atoms with van der Waals surface area (Å²) < 4.78 is 1.76. The Morgan fingerprint density at radius 1 is 1.03 bits per heavy atom. The third-order valence-corrected chi connectivity index (χ3v) is 6.91. The van der Waals surface area contributed by atoms with E-state index in [1.54, 1.807) is 22.9 Å². The Morgan fingerprint density at radius 2 is 1.71 bits per heavy atom. The molecular weight excluding hydrogens is 440 g/mol. The van der Waals surface area contributed by atoms with E-state index in [1.807, 2.05) is 11.8 Å². The SMILES string of the molecule is C=CC(=O)N1CCN(c2ccc([C@H](C)Nc3ncc4ccc(=O)n([C@@H](C)C(C)C)c4n3)cc2)CC1. The number of amides is 1. The van der Waals surface area contributed by atoms with Crippen LogP contribution in [0, 0.1) is 5.92 Å². The highest BCUT2D eigenvalue weighted by Crippen LogP contribution is 2.24. The van der Waals surface area contributed by atoms with Crippen LogP contribution in [0.1, 0.15) is 45.3 Å². The molecule has 4 rings (SSSR count). The van der Waals surface area contributed by atoms with Gasteiger partial charge in [-0.25, -0.2) is 4.98 Å². The average Bonchev–Trinajstić information content (AvgIpc) is 2.88. The lowest BCUT2D eigenvalue weighted by Crippen LogP contribution is -2.48. The van der Waals surface area contributed by atoms with Gasteiger partial charge in [0, 0.05) is 55.6 Å². The second-order valence-electron chi connectivity index (χ2n) is 9.47. The number of aromatic nitrogens is 3. The van der Waals surface area contributed by atoms with Crippen molar-refractivity contribution >= 4 is 28.6 Å². The Kier molecular flexibility index (Phi) is 7.19. The first-order chi connectivity index (χ1) is 16.8. The predicted octanol–water partition coefficient (Wildman–Crippen LogP) is 4.02. The lowest BCUT2D eigenvalue weighted by molar-refractivity contribution is -0.126. The molecule has 0 saturated carbocycles. The number of nitrogens with zero attached hydrogens (tertiary/aromatic N) is 5. The molecule has 3 heterocycles. The second kappa shape index (κ2) is 10.3. The molecule has 35 heavy (non-hydrogen) atoms. The summed E-state index contributed by atoms with van der Waals surface area (Å²) in [5.41, 5.74) is 2.84. The van der Waals surface area contributed by atoms with Gasteiger partial charge in [-0.1, -0.05) is 32.6 Å². The van der Waals surface area contributed by atoms with Crippen molar-refractivity contribution in [1.82, 2.24) is 19.4 Å². The number of carbonyl (C=O) groups is 1. The van der Waals surface area contributed by atoms with Gasteiger partial charge in [-0.2, -0.15) is 4.98 Å². The maximum atomic E-state index is 12.6. The van der Waals surface area contributed by atoms with Gasteiger partial charge >= 0.3 is 0 Å². The third kappa shape index (κ3) is 5.21. The van der Waals surface area contributed by atoms with Crippen LogP contribution in [0.2, 0.25) is 0 Å². The lowest BCUT2D eigenvalue weighted by atomic mass is 10.1. The summed E-state index contributed by atoms with van der Waals surface area (Å²) >= 11 is 0. The third-order valence-electron chi connectivity index (χ3n) is 6.91. The Morgan fingerprint density at radius 3 is 2.34 bits per heavy atom. The minimum Gasteiger partial charge on any atom is -0.368 e. The first-order valence-electron chi connectivity index (χ1n) is 12.2. The fourth-order valence-electron chi connectivity index (χ4n) is 4.36. The first kappa shape index (κ1) is 24.4. The summed E-state index contributed by atoms with van der Waals surface area (Å²) in [5, 5.41) is 4.23. The van der Waals surface area contributed by atoms with Gasteiger partial charge in [0.15, 0.2) is 0 Å². The number of hydrogen-bond donors (Lipinski definition) is 1. The van der Waals surface area contributed by atoms with Crippen molar-refractivity contribution in [3.8, 4) is 0 Å². The van der Waals surface area contributed by atoms with Gasteiger partial charge < -0.3 is 15.1 Å². The van der Waals surface area contributed by atoms with E-state index in [4.69, 9.17) is 4.98 Å². The molecule has 0 radical (unpaired) electrons. The molecule has 1 fully saturated rings. The van der Waals surface area contributed by atoms with Crippen molar-refractivity contribution in [3.63, 3.8) is 0 Å². The average molecular weight is 475 g/mol. The summed E-state index contributed by atoms with van der Waals surface area (Å²) in [5.74, 6) is 0.784. The number of pyridine rings is 1. The van der Waals surface area contributed by atoms with Gasteiger partial charge in [-0.05, 0) is 49.6 Å². The van der Waals surface area contributed by atoms with Gasteiger partial charge in [0.2, 0.25) is 11.9 Å². The molecule has 1 amide bonds. The van der Waals surface area contributed by atoms with Crippen LogP contribution in [-0.4, -0.2) is 51.5 Å². The summed E-state index contributed by atoms with van der Waals surface area (Å²) in [4.78, 5) is 37.7. The molecule has 8 heteroatoms. The van der Waals surface area contributed by atoms with Crippen LogP contribution in [0.4, 0.5) is 11.6 Å². The van der Waals surface area contributed by atoms with Crippen LogP contribution in [0.3, 0.4) is 0 Å². The monoisotopic (exact) mass is 474 g/mol. The van der Waals surface area contributed by atoms with Crippen LogP contribution in [0.5, 0.6) is 0 Å². The molecular formula is C27H34N6O2. The Balaban J connectivity index is 1.48. The Hall–Kier alpha value is -3.68. The molecule has 8 nitrogen and oxygen atoms in total. The molecule has 1 aromatic carbocycles.